The van der Waals surface area contributed by atoms with Crippen molar-refractivity contribution in [2.75, 3.05) is 13.2 Å². The van der Waals surface area contributed by atoms with Gasteiger partial charge in [-0.1, -0.05) is 6.07 Å². The zero-order chi connectivity index (χ0) is 16.4. The Bertz CT molecular complexity index is 663. The zero-order valence-corrected chi connectivity index (χ0v) is 14.7. The largest absolute Gasteiger partial charge is 0.374 e. The first-order chi connectivity index (χ1) is 11.8. The number of nitrogens with zero attached hydrogens (tertiary/aromatic N) is 3. The van der Waals surface area contributed by atoms with Gasteiger partial charge in [-0.05, 0) is 31.4 Å². The lowest BCUT2D eigenvalue weighted by molar-refractivity contribution is -0.0615. The molecule has 128 valence electrons. The average molecular weight is 345 g/mol. The molecule has 2 fully saturated rings. The molecular formula is C18H23N3O2S. The third kappa shape index (κ3) is 3.52. The predicted octanol–water partition coefficient (Wildman–Crippen LogP) is 2.80. The Kier molecular flexibility index (Phi) is 4.89. The van der Waals surface area contributed by atoms with Gasteiger partial charge in [0.05, 0.1) is 36.1 Å². The number of thiazole rings is 1. The molecule has 0 spiro atoms. The molecule has 2 bridgehead atoms. The van der Waals surface area contributed by atoms with Crippen molar-refractivity contribution < 1.29 is 9.47 Å². The summed E-state index contributed by atoms with van der Waals surface area (Å²) in [4.78, 5) is 11.3. The Morgan fingerprint density at radius 3 is 3.17 bits per heavy atom. The summed E-state index contributed by atoms with van der Waals surface area (Å²) in [5, 5.41) is 3.30. The number of ether oxygens (including phenoxy) is 2. The van der Waals surface area contributed by atoms with Crippen molar-refractivity contribution in [2.45, 2.75) is 51.2 Å². The maximum Gasteiger partial charge on any atom is 0.0995 e. The van der Waals surface area contributed by atoms with E-state index in [0.717, 1.165) is 48.8 Å². The molecule has 1 aliphatic heterocycles. The van der Waals surface area contributed by atoms with Crippen molar-refractivity contribution in [2.24, 2.45) is 0 Å². The fourth-order valence-electron chi connectivity index (χ4n) is 3.75. The van der Waals surface area contributed by atoms with Gasteiger partial charge in [-0.25, -0.2) is 4.98 Å². The molecule has 1 saturated carbocycles. The maximum atomic E-state index is 6.28. The summed E-state index contributed by atoms with van der Waals surface area (Å²) in [6, 6.07) is 4.42. The molecule has 0 N–H and O–H groups in total. The summed E-state index contributed by atoms with van der Waals surface area (Å²) >= 11 is 1.72. The molecule has 1 saturated heterocycles. The Labute approximate surface area is 146 Å². The minimum atomic E-state index is 0.132. The van der Waals surface area contributed by atoms with Crippen molar-refractivity contribution in [3.05, 3.63) is 46.2 Å². The van der Waals surface area contributed by atoms with Gasteiger partial charge < -0.3 is 9.47 Å². The summed E-state index contributed by atoms with van der Waals surface area (Å²) in [5.41, 5.74) is 2.27. The molecule has 3 atom stereocenters. The lowest BCUT2D eigenvalue weighted by Gasteiger charge is -2.30. The van der Waals surface area contributed by atoms with Gasteiger partial charge in [0.25, 0.3) is 0 Å². The van der Waals surface area contributed by atoms with E-state index < -0.39 is 0 Å². The van der Waals surface area contributed by atoms with E-state index in [0.29, 0.717) is 12.6 Å². The number of rotatable bonds is 5. The Balaban J connectivity index is 1.45. The summed E-state index contributed by atoms with van der Waals surface area (Å²) in [6.45, 7) is 5.27. The maximum absolute atomic E-state index is 6.28. The molecule has 0 radical (unpaired) electrons. The molecule has 2 aliphatic rings. The van der Waals surface area contributed by atoms with Gasteiger partial charge in [0, 0.05) is 36.9 Å². The van der Waals surface area contributed by atoms with E-state index in [2.05, 4.69) is 33.2 Å². The topological polar surface area (TPSA) is 47.5 Å². The first-order valence-electron chi connectivity index (χ1n) is 8.57. The van der Waals surface area contributed by atoms with E-state index in [4.69, 9.17) is 9.47 Å². The Morgan fingerprint density at radius 2 is 2.38 bits per heavy atom. The van der Waals surface area contributed by atoms with E-state index in [1.54, 1.807) is 17.5 Å². The molecule has 5 nitrogen and oxygen atoms in total. The Morgan fingerprint density at radius 1 is 1.42 bits per heavy atom. The molecule has 3 heterocycles. The predicted molar refractivity (Wildman–Crippen MR) is 92.8 cm³/mol. The fraction of sp³-hybridized carbons (Fsp3) is 0.556. The van der Waals surface area contributed by atoms with Crippen LogP contribution >= 0.6 is 11.3 Å². The molecule has 1 aliphatic carbocycles. The molecule has 2 aromatic heterocycles. The standard InChI is InChI=1S/C18H23N3O2S/c1-13-20-15(12-24-13)10-21-7-8-22-17-5-4-16(21)18(17)23-11-14-3-2-6-19-9-14/h2-3,6,9,12,16-18H,4-5,7-8,10-11H2,1H3/t16-,17-,18-/m0/s1. The highest BCUT2D eigenvalue weighted by Crippen LogP contribution is 2.33. The number of aromatic nitrogens is 2. The molecule has 0 amide bonds. The van der Waals surface area contributed by atoms with Crippen molar-refractivity contribution >= 4 is 11.3 Å². The lowest BCUT2D eigenvalue weighted by Crippen LogP contribution is -2.42. The minimum Gasteiger partial charge on any atom is -0.374 e. The first-order valence-corrected chi connectivity index (χ1v) is 9.45. The monoisotopic (exact) mass is 345 g/mol. The normalized spacial score (nSPS) is 27.3. The van der Waals surface area contributed by atoms with Gasteiger partial charge in [0.15, 0.2) is 0 Å². The van der Waals surface area contributed by atoms with Crippen LogP contribution in [-0.4, -0.2) is 46.3 Å². The quantitative estimate of drug-likeness (QED) is 0.834. The summed E-state index contributed by atoms with van der Waals surface area (Å²) in [5.74, 6) is 0. The second-order valence-corrected chi connectivity index (χ2v) is 7.58. The van der Waals surface area contributed by atoms with E-state index in [9.17, 15) is 0 Å². The van der Waals surface area contributed by atoms with Gasteiger partial charge in [0.1, 0.15) is 0 Å². The second-order valence-electron chi connectivity index (χ2n) is 6.52. The third-order valence-electron chi connectivity index (χ3n) is 4.87. The lowest BCUT2D eigenvalue weighted by atomic mass is 10.1. The summed E-state index contributed by atoms with van der Waals surface area (Å²) < 4.78 is 12.4. The average Bonchev–Trinajstić information content (AvgIpc) is 3.13. The number of fused-ring (bicyclic) bond motifs is 2. The van der Waals surface area contributed by atoms with Crippen molar-refractivity contribution in [3.8, 4) is 0 Å². The van der Waals surface area contributed by atoms with Crippen molar-refractivity contribution in [3.63, 3.8) is 0 Å². The molecule has 4 rings (SSSR count). The molecule has 6 heteroatoms. The van der Waals surface area contributed by atoms with Crippen molar-refractivity contribution in [1.82, 2.24) is 14.9 Å². The van der Waals surface area contributed by atoms with E-state index in [-0.39, 0.29) is 12.2 Å². The fourth-order valence-corrected chi connectivity index (χ4v) is 4.35. The van der Waals surface area contributed by atoms with Crippen LogP contribution in [0.4, 0.5) is 0 Å². The second kappa shape index (κ2) is 7.27. The van der Waals surface area contributed by atoms with Crippen LogP contribution in [0.15, 0.2) is 29.9 Å². The van der Waals surface area contributed by atoms with E-state index in [1.165, 1.54) is 0 Å². The van der Waals surface area contributed by atoms with Gasteiger partial charge >= 0.3 is 0 Å². The molecular weight excluding hydrogens is 322 g/mol. The molecule has 0 unspecified atom stereocenters. The van der Waals surface area contributed by atoms with Crippen LogP contribution in [0.2, 0.25) is 0 Å². The smallest absolute Gasteiger partial charge is 0.0995 e. The van der Waals surface area contributed by atoms with Crippen LogP contribution < -0.4 is 0 Å². The van der Waals surface area contributed by atoms with Crippen LogP contribution in [0.3, 0.4) is 0 Å². The van der Waals surface area contributed by atoms with Gasteiger partial charge in [-0.15, -0.1) is 11.3 Å². The summed E-state index contributed by atoms with van der Waals surface area (Å²) in [7, 11) is 0. The van der Waals surface area contributed by atoms with Crippen LogP contribution in [0.25, 0.3) is 0 Å². The number of pyridine rings is 1. The van der Waals surface area contributed by atoms with Crippen LogP contribution in [0.1, 0.15) is 29.1 Å². The van der Waals surface area contributed by atoms with Crippen molar-refractivity contribution in [1.29, 1.82) is 0 Å². The Hall–Kier alpha value is -1.34. The number of aryl methyl sites for hydroxylation is 1. The highest BCUT2D eigenvalue weighted by atomic mass is 32.1. The van der Waals surface area contributed by atoms with Gasteiger partial charge in [-0.3, -0.25) is 9.88 Å². The molecule has 2 aromatic rings. The van der Waals surface area contributed by atoms with Gasteiger partial charge in [0.2, 0.25) is 0 Å². The third-order valence-corrected chi connectivity index (χ3v) is 5.69. The number of hydrogen-bond donors (Lipinski definition) is 0. The highest BCUT2D eigenvalue weighted by molar-refractivity contribution is 7.09. The molecule has 24 heavy (non-hydrogen) atoms. The minimum absolute atomic E-state index is 0.132. The van der Waals surface area contributed by atoms with E-state index in [1.807, 2.05) is 12.3 Å². The summed E-state index contributed by atoms with van der Waals surface area (Å²) in [6.07, 6.45) is 6.22. The SMILES string of the molecule is Cc1nc(CN2CCO[C@H]3CC[C@H]2[C@@H]3OCc2cccnc2)cs1. The molecule has 0 aromatic carbocycles. The van der Waals surface area contributed by atoms with Crippen LogP contribution in [0, 0.1) is 6.92 Å². The van der Waals surface area contributed by atoms with Crippen LogP contribution in [-0.2, 0) is 22.6 Å². The zero-order valence-electron chi connectivity index (χ0n) is 13.9. The van der Waals surface area contributed by atoms with E-state index >= 15 is 0 Å². The highest BCUT2D eigenvalue weighted by Gasteiger charge is 2.43. The van der Waals surface area contributed by atoms with Crippen LogP contribution in [0.5, 0.6) is 0 Å². The first kappa shape index (κ1) is 16.1. The number of hydrogen-bond acceptors (Lipinski definition) is 6. The van der Waals surface area contributed by atoms with Gasteiger partial charge in [-0.2, -0.15) is 0 Å².